The van der Waals surface area contributed by atoms with Gasteiger partial charge in [0.25, 0.3) is 0 Å². The molecule has 0 spiro atoms. The highest BCUT2D eigenvalue weighted by Crippen LogP contribution is 2.25. The van der Waals surface area contributed by atoms with Crippen molar-refractivity contribution < 1.29 is 0 Å². The molecule has 0 aliphatic heterocycles. The highest BCUT2D eigenvalue weighted by molar-refractivity contribution is 14.1. The maximum absolute atomic E-state index is 4.67. The Labute approximate surface area is 127 Å². The molecule has 0 bridgehead atoms. The second kappa shape index (κ2) is 5.85. The van der Waals surface area contributed by atoms with Gasteiger partial charge in [-0.25, -0.2) is 9.97 Å². The van der Waals surface area contributed by atoms with Crippen LogP contribution in [-0.2, 0) is 13.5 Å². The van der Waals surface area contributed by atoms with Gasteiger partial charge in [-0.2, -0.15) is 5.10 Å². The largest absolute Gasteiger partial charge is 0.369 e. The smallest absolute Gasteiger partial charge is 0.165 e. The van der Waals surface area contributed by atoms with E-state index in [0.29, 0.717) is 0 Å². The number of aryl methyl sites for hydroxylation is 2. The van der Waals surface area contributed by atoms with Crippen LogP contribution in [0.3, 0.4) is 0 Å². The molecule has 0 fully saturated rings. The van der Waals surface area contributed by atoms with Gasteiger partial charge < -0.3 is 5.32 Å². The number of aromatic nitrogens is 4. The van der Waals surface area contributed by atoms with Crippen LogP contribution in [-0.4, -0.2) is 26.3 Å². The molecule has 0 aliphatic carbocycles. The van der Waals surface area contributed by atoms with E-state index in [1.807, 2.05) is 24.9 Å². The molecule has 19 heavy (non-hydrogen) atoms. The first-order chi connectivity index (χ1) is 9.08. The molecule has 102 valence electrons. The Hall–Kier alpha value is -1.18. The summed E-state index contributed by atoms with van der Waals surface area (Å²) < 4.78 is 2.95. The molecule has 2 heterocycles. The van der Waals surface area contributed by atoms with Crippen LogP contribution < -0.4 is 5.32 Å². The maximum Gasteiger partial charge on any atom is 0.165 e. The molecule has 2 aromatic heterocycles. The summed E-state index contributed by atoms with van der Waals surface area (Å²) in [4.78, 5) is 9.30. The van der Waals surface area contributed by atoms with Crippen LogP contribution in [0.4, 0.5) is 5.82 Å². The Morgan fingerprint density at radius 1 is 1.32 bits per heavy atom. The van der Waals surface area contributed by atoms with Crippen molar-refractivity contribution in [2.45, 2.75) is 27.2 Å². The monoisotopic (exact) mass is 371 g/mol. The summed E-state index contributed by atoms with van der Waals surface area (Å²) in [5, 5.41) is 7.56. The van der Waals surface area contributed by atoms with Crippen LogP contribution in [0.2, 0.25) is 0 Å². The van der Waals surface area contributed by atoms with E-state index in [-0.39, 0.29) is 0 Å². The second-order valence-corrected chi connectivity index (χ2v) is 5.39. The molecule has 0 radical (unpaired) electrons. The summed E-state index contributed by atoms with van der Waals surface area (Å²) in [5.74, 6) is 1.66. The Bertz CT molecular complexity index is 591. The number of rotatable bonds is 4. The molecule has 0 saturated carbocycles. The Balaban J connectivity index is 2.57. The molecule has 0 atom stereocenters. The van der Waals surface area contributed by atoms with Gasteiger partial charge in [0.15, 0.2) is 5.82 Å². The van der Waals surface area contributed by atoms with Crippen molar-refractivity contribution >= 4 is 28.4 Å². The van der Waals surface area contributed by atoms with Gasteiger partial charge >= 0.3 is 0 Å². The first-order valence-electron chi connectivity index (χ1n) is 6.37. The zero-order valence-electron chi connectivity index (χ0n) is 11.7. The van der Waals surface area contributed by atoms with Crippen LogP contribution in [0, 0.1) is 10.5 Å². The fourth-order valence-electron chi connectivity index (χ4n) is 1.85. The maximum atomic E-state index is 4.67. The van der Waals surface area contributed by atoms with E-state index in [0.717, 1.165) is 45.1 Å². The van der Waals surface area contributed by atoms with Gasteiger partial charge in [0.2, 0.25) is 0 Å². The van der Waals surface area contributed by atoms with E-state index in [2.05, 4.69) is 56.8 Å². The molecule has 1 N–H and O–H groups in total. The third-order valence-electron chi connectivity index (χ3n) is 3.08. The lowest BCUT2D eigenvalue weighted by molar-refractivity contribution is 0.740. The number of halogens is 1. The molecule has 2 rings (SSSR count). The highest BCUT2D eigenvalue weighted by Gasteiger charge is 2.15. The summed E-state index contributed by atoms with van der Waals surface area (Å²) in [6, 6.07) is 0. The molecule has 5 nitrogen and oxygen atoms in total. The van der Waals surface area contributed by atoms with Crippen molar-refractivity contribution in [2.24, 2.45) is 7.05 Å². The van der Waals surface area contributed by atoms with Crippen molar-refractivity contribution in [1.29, 1.82) is 0 Å². The molecule has 0 unspecified atom stereocenters. The van der Waals surface area contributed by atoms with Gasteiger partial charge in [-0.05, 0) is 42.9 Å². The van der Waals surface area contributed by atoms with E-state index in [1.54, 1.807) is 0 Å². The van der Waals surface area contributed by atoms with Gasteiger partial charge in [0, 0.05) is 19.3 Å². The fourth-order valence-corrected chi connectivity index (χ4v) is 2.66. The minimum Gasteiger partial charge on any atom is -0.369 e. The second-order valence-electron chi connectivity index (χ2n) is 4.31. The number of anilines is 1. The van der Waals surface area contributed by atoms with Crippen LogP contribution >= 0.6 is 22.6 Å². The average Bonchev–Trinajstić information content (AvgIpc) is 2.73. The Morgan fingerprint density at radius 3 is 2.58 bits per heavy atom. The summed E-state index contributed by atoms with van der Waals surface area (Å²) in [7, 11) is 1.93. The van der Waals surface area contributed by atoms with Gasteiger partial charge in [-0.15, -0.1) is 0 Å². The van der Waals surface area contributed by atoms with E-state index < -0.39 is 0 Å². The Kier molecular flexibility index (Phi) is 4.38. The zero-order valence-corrected chi connectivity index (χ0v) is 13.8. The topological polar surface area (TPSA) is 55.6 Å². The SMILES string of the molecule is CCNc1nc(-c2cnn(C)c2C)nc(CC)c1I. The Morgan fingerprint density at radius 2 is 2.05 bits per heavy atom. The molecule has 0 aromatic carbocycles. The number of hydrogen-bond acceptors (Lipinski definition) is 4. The van der Waals surface area contributed by atoms with Gasteiger partial charge in [0.05, 0.1) is 21.0 Å². The number of nitrogens with one attached hydrogen (secondary N) is 1. The van der Waals surface area contributed by atoms with Crippen LogP contribution in [0.15, 0.2) is 6.20 Å². The lowest BCUT2D eigenvalue weighted by atomic mass is 10.2. The number of hydrogen-bond donors (Lipinski definition) is 1. The predicted molar refractivity (Wildman–Crippen MR) is 85.2 cm³/mol. The lowest BCUT2D eigenvalue weighted by Crippen LogP contribution is -2.08. The minimum atomic E-state index is 0.749. The van der Waals surface area contributed by atoms with Crippen LogP contribution in [0.5, 0.6) is 0 Å². The van der Waals surface area contributed by atoms with Crippen molar-refractivity contribution in [3.05, 3.63) is 21.2 Å². The van der Waals surface area contributed by atoms with Crippen molar-refractivity contribution in [2.75, 3.05) is 11.9 Å². The van der Waals surface area contributed by atoms with Crippen LogP contribution in [0.25, 0.3) is 11.4 Å². The lowest BCUT2D eigenvalue weighted by Gasteiger charge is -2.11. The highest BCUT2D eigenvalue weighted by atomic mass is 127. The van der Waals surface area contributed by atoms with E-state index >= 15 is 0 Å². The zero-order chi connectivity index (χ0) is 14.0. The first-order valence-corrected chi connectivity index (χ1v) is 7.45. The molecular weight excluding hydrogens is 353 g/mol. The van der Waals surface area contributed by atoms with Gasteiger partial charge in [0.1, 0.15) is 5.82 Å². The molecule has 0 saturated heterocycles. The fraction of sp³-hybridized carbons (Fsp3) is 0.462. The third-order valence-corrected chi connectivity index (χ3v) is 4.21. The van der Waals surface area contributed by atoms with E-state index in [1.165, 1.54) is 0 Å². The number of nitrogens with zero attached hydrogens (tertiary/aromatic N) is 4. The molecular formula is C13H18IN5. The third kappa shape index (κ3) is 2.72. The summed E-state index contributed by atoms with van der Waals surface area (Å²) in [6.07, 6.45) is 2.72. The normalized spacial score (nSPS) is 10.8. The first kappa shape index (κ1) is 14.2. The van der Waals surface area contributed by atoms with Gasteiger partial charge in [-0.3, -0.25) is 4.68 Å². The van der Waals surface area contributed by atoms with Crippen molar-refractivity contribution in [3.8, 4) is 11.4 Å². The van der Waals surface area contributed by atoms with E-state index in [9.17, 15) is 0 Å². The van der Waals surface area contributed by atoms with Crippen molar-refractivity contribution in [3.63, 3.8) is 0 Å². The molecule has 6 heteroatoms. The minimum absolute atomic E-state index is 0.749. The van der Waals surface area contributed by atoms with Crippen LogP contribution in [0.1, 0.15) is 25.2 Å². The van der Waals surface area contributed by atoms with Crippen molar-refractivity contribution in [1.82, 2.24) is 19.7 Å². The average molecular weight is 371 g/mol. The molecule has 0 amide bonds. The standard InChI is InChI=1S/C13H18IN5/c1-5-10-11(14)13(15-6-2)18-12(17-10)9-7-16-19(4)8(9)3/h7H,5-6H2,1-4H3,(H,15,17,18). The molecule has 2 aromatic rings. The molecule has 0 aliphatic rings. The quantitative estimate of drug-likeness (QED) is 0.840. The predicted octanol–water partition coefficient (Wildman–Crippen LogP) is 2.78. The van der Waals surface area contributed by atoms with Gasteiger partial charge in [-0.1, -0.05) is 6.92 Å². The van der Waals surface area contributed by atoms with E-state index in [4.69, 9.17) is 0 Å². The summed E-state index contributed by atoms with van der Waals surface area (Å²) >= 11 is 2.31. The summed E-state index contributed by atoms with van der Waals surface area (Å²) in [6.45, 7) is 7.06. The summed E-state index contributed by atoms with van der Waals surface area (Å²) in [5.41, 5.74) is 3.14.